The van der Waals surface area contributed by atoms with E-state index in [1.165, 1.54) is 12.1 Å². The van der Waals surface area contributed by atoms with Crippen molar-refractivity contribution in [3.05, 3.63) is 35.6 Å². The van der Waals surface area contributed by atoms with Crippen molar-refractivity contribution in [2.24, 2.45) is 5.92 Å². The minimum Gasteiger partial charge on any atom is -0.444 e. The number of hydrogen-bond donors (Lipinski definition) is 2. The molecule has 1 aromatic carbocycles. The molecule has 1 heterocycles. The first kappa shape index (κ1) is 26.8. The zero-order valence-corrected chi connectivity index (χ0v) is 19.5. The van der Waals surface area contributed by atoms with E-state index in [1.54, 1.807) is 24.1 Å². The highest BCUT2D eigenvalue weighted by Gasteiger charge is 2.41. The van der Waals surface area contributed by atoms with Crippen LogP contribution in [-0.4, -0.2) is 67.1 Å². The van der Waals surface area contributed by atoms with Gasteiger partial charge in [0.2, 0.25) is 5.91 Å². The fourth-order valence-electron chi connectivity index (χ4n) is 3.67. The molecule has 0 aliphatic carbocycles. The van der Waals surface area contributed by atoms with E-state index in [-0.39, 0.29) is 23.9 Å². The molecule has 0 radical (unpaired) electrons. The fourth-order valence-corrected chi connectivity index (χ4v) is 3.67. The molecule has 3 atom stereocenters. The number of hydrogen-bond acceptors (Lipinski definition) is 5. The maximum absolute atomic E-state index is 13.0. The lowest BCUT2D eigenvalue weighted by molar-refractivity contribution is -0.130. The number of aliphatic hydroxyl groups is 1. The minimum atomic E-state index is -0.573. The van der Waals surface area contributed by atoms with Crippen LogP contribution in [0.4, 0.5) is 9.18 Å². The van der Waals surface area contributed by atoms with Gasteiger partial charge in [-0.2, -0.15) is 0 Å². The van der Waals surface area contributed by atoms with Gasteiger partial charge >= 0.3 is 6.09 Å². The molecule has 2 N–H and O–H groups in total. The van der Waals surface area contributed by atoms with E-state index in [0.29, 0.717) is 19.5 Å². The summed E-state index contributed by atoms with van der Waals surface area (Å²) in [5, 5.41) is 9.92. The number of carbonyl (C=O) groups excluding carboxylic acids is 2. The first-order chi connectivity index (χ1) is 14.6. The highest BCUT2D eigenvalue weighted by molar-refractivity contribution is 5.79. The van der Waals surface area contributed by atoms with Crippen molar-refractivity contribution < 1.29 is 28.6 Å². The number of aliphatic hydroxyl groups excluding tert-OH is 1. The molecule has 1 aliphatic rings. The number of methoxy groups -OCH3 is 1. The molecule has 0 aromatic heterocycles. The van der Waals surface area contributed by atoms with Gasteiger partial charge in [-0.25, -0.2) is 9.18 Å². The van der Waals surface area contributed by atoms with Crippen molar-refractivity contribution in [1.29, 1.82) is 0 Å². The van der Waals surface area contributed by atoms with E-state index in [0.717, 1.165) is 25.5 Å². The predicted octanol–water partition coefficient (Wildman–Crippen LogP) is 3.14. The summed E-state index contributed by atoms with van der Waals surface area (Å²) in [4.78, 5) is 26.9. The van der Waals surface area contributed by atoms with Crippen molar-refractivity contribution in [3.63, 3.8) is 0 Å². The summed E-state index contributed by atoms with van der Waals surface area (Å²) < 4.78 is 24.1. The first-order valence-electron chi connectivity index (χ1n) is 10.6. The summed E-state index contributed by atoms with van der Waals surface area (Å²) in [5.74, 6) is -0.836. The summed E-state index contributed by atoms with van der Waals surface area (Å²) in [6.07, 6.45) is 1.44. The van der Waals surface area contributed by atoms with Gasteiger partial charge in [0.1, 0.15) is 11.4 Å². The smallest absolute Gasteiger partial charge is 0.410 e. The van der Waals surface area contributed by atoms with Gasteiger partial charge in [0.05, 0.1) is 18.1 Å². The molecule has 0 spiro atoms. The second-order valence-corrected chi connectivity index (χ2v) is 8.54. The van der Waals surface area contributed by atoms with Gasteiger partial charge in [0.25, 0.3) is 0 Å². The molecule has 2 amide bonds. The monoisotopic (exact) mass is 440 g/mol. The zero-order chi connectivity index (χ0) is 23.6. The van der Waals surface area contributed by atoms with E-state index in [2.05, 4.69) is 5.32 Å². The van der Waals surface area contributed by atoms with E-state index in [9.17, 15) is 14.0 Å². The maximum Gasteiger partial charge on any atom is 0.410 e. The van der Waals surface area contributed by atoms with Gasteiger partial charge in [-0.15, -0.1) is 0 Å². The summed E-state index contributed by atoms with van der Waals surface area (Å²) in [5.41, 5.74) is 0.380. The second-order valence-electron chi connectivity index (χ2n) is 8.54. The van der Waals surface area contributed by atoms with Crippen LogP contribution in [0, 0.1) is 11.7 Å². The largest absolute Gasteiger partial charge is 0.444 e. The van der Waals surface area contributed by atoms with Gasteiger partial charge in [0, 0.05) is 27.3 Å². The molecule has 0 bridgehead atoms. The molecule has 0 saturated carbocycles. The lowest BCUT2D eigenvalue weighted by Crippen LogP contribution is -2.50. The molecule has 2 rings (SSSR count). The van der Waals surface area contributed by atoms with Crippen LogP contribution in [0.3, 0.4) is 0 Å². The Morgan fingerprint density at radius 2 is 1.87 bits per heavy atom. The number of nitrogens with one attached hydrogen (secondary N) is 1. The Labute approximate surface area is 184 Å². The standard InChI is InChI=1S/C22H33FN2O4.CH4O/c1-15(20(26)24-13-12-16-8-10-17(23)11-9-16)19(28-5)18-7-6-14-25(18)21(27)29-22(2,3)4;1-2/h8-11,15,18-19H,6-7,12-14H2,1-5H3,(H,24,26);2H,1H3. The number of rotatable bonds is 7. The third-order valence-corrected chi connectivity index (χ3v) is 5.11. The molecule has 1 aromatic rings. The third kappa shape index (κ3) is 8.45. The van der Waals surface area contributed by atoms with Crippen LogP contribution < -0.4 is 5.32 Å². The maximum atomic E-state index is 13.0. The van der Waals surface area contributed by atoms with Gasteiger partial charge in [-0.1, -0.05) is 19.1 Å². The molecule has 31 heavy (non-hydrogen) atoms. The molecule has 7 nitrogen and oxygen atoms in total. The van der Waals surface area contributed by atoms with Gasteiger partial charge in [0.15, 0.2) is 0 Å². The van der Waals surface area contributed by atoms with E-state index < -0.39 is 17.6 Å². The fraction of sp³-hybridized carbons (Fsp3) is 0.652. The molecule has 8 heteroatoms. The second kappa shape index (κ2) is 12.6. The van der Waals surface area contributed by atoms with Crippen molar-refractivity contribution >= 4 is 12.0 Å². The van der Waals surface area contributed by atoms with E-state index >= 15 is 0 Å². The first-order valence-corrected chi connectivity index (χ1v) is 10.6. The topological polar surface area (TPSA) is 88.1 Å². The van der Waals surface area contributed by atoms with Crippen LogP contribution >= 0.6 is 0 Å². The Hall–Kier alpha value is -2.19. The molecule has 1 fully saturated rings. The van der Waals surface area contributed by atoms with Gasteiger partial charge < -0.3 is 24.8 Å². The Kier molecular flexibility index (Phi) is 10.9. The number of benzene rings is 1. The quantitative estimate of drug-likeness (QED) is 0.680. The minimum absolute atomic E-state index is 0.130. The molecule has 1 saturated heterocycles. The number of halogens is 1. The number of nitrogens with zero attached hydrogens (tertiary/aromatic N) is 1. The summed E-state index contributed by atoms with van der Waals surface area (Å²) in [7, 11) is 2.57. The van der Waals surface area contributed by atoms with Crippen molar-refractivity contribution in [2.45, 2.75) is 64.7 Å². The summed E-state index contributed by atoms with van der Waals surface area (Å²) >= 11 is 0. The van der Waals surface area contributed by atoms with Crippen LogP contribution in [0.2, 0.25) is 0 Å². The SMILES string of the molecule is CO.COC(C(C)C(=O)NCCc1ccc(F)cc1)C1CCCN1C(=O)OC(C)(C)C. The normalized spacial score (nSPS) is 17.9. The van der Waals surface area contributed by atoms with Crippen molar-refractivity contribution in [1.82, 2.24) is 10.2 Å². The lowest BCUT2D eigenvalue weighted by Gasteiger charge is -2.34. The van der Waals surface area contributed by atoms with E-state index in [4.69, 9.17) is 14.6 Å². The molecule has 176 valence electrons. The number of carbonyl (C=O) groups is 2. The summed E-state index contributed by atoms with van der Waals surface area (Å²) in [6, 6.07) is 6.03. The Balaban J connectivity index is 0.00000233. The summed E-state index contributed by atoms with van der Waals surface area (Å²) in [6.45, 7) is 8.36. The van der Waals surface area contributed by atoms with Gasteiger partial charge in [-0.3, -0.25) is 4.79 Å². The number of likely N-dealkylation sites (tertiary alicyclic amines) is 1. The predicted molar refractivity (Wildman–Crippen MR) is 117 cm³/mol. The van der Waals surface area contributed by atoms with Crippen LogP contribution in [0.5, 0.6) is 0 Å². The third-order valence-electron chi connectivity index (χ3n) is 5.11. The number of ether oxygens (including phenoxy) is 2. The Morgan fingerprint density at radius 3 is 2.42 bits per heavy atom. The van der Waals surface area contributed by atoms with Crippen LogP contribution in [0.25, 0.3) is 0 Å². The Bertz CT molecular complexity index is 690. The molecular weight excluding hydrogens is 403 g/mol. The van der Waals surface area contributed by atoms with Crippen LogP contribution in [-0.2, 0) is 20.7 Å². The van der Waals surface area contributed by atoms with Crippen molar-refractivity contribution in [2.75, 3.05) is 27.3 Å². The lowest BCUT2D eigenvalue weighted by atomic mass is 9.95. The van der Waals surface area contributed by atoms with Gasteiger partial charge in [-0.05, 0) is 57.7 Å². The molecule has 3 unspecified atom stereocenters. The average molecular weight is 441 g/mol. The average Bonchev–Trinajstić information content (AvgIpc) is 3.20. The Morgan fingerprint density at radius 1 is 1.26 bits per heavy atom. The van der Waals surface area contributed by atoms with Crippen molar-refractivity contribution in [3.8, 4) is 0 Å². The van der Waals surface area contributed by atoms with Crippen LogP contribution in [0.15, 0.2) is 24.3 Å². The highest BCUT2D eigenvalue weighted by Crippen LogP contribution is 2.28. The zero-order valence-electron chi connectivity index (χ0n) is 19.5. The van der Waals surface area contributed by atoms with E-state index in [1.807, 2.05) is 27.7 Å². The van der Waals surface area contributed by atoms with Crippen LogP contribution in [0.1, 0.15) is 46.1 Å². The molecule has 1 aliphatic heterocycles. The highest BCUT2D eigenvalue weighted by atomic mass is 19.1. The molecular formula is C23H37FN2O5. The number of amides is 2.